The molecule has 0 saturated heterocycles. The van der Waals surface area contributed by atoms with Crippen LogP contribution in [-0.4, -0.2) is 27.0 Å². The number of rotatable bonds is 7. The van der Waals surface area contributed by atoms with Crippen LogP contribution in [0.5, 0.6) is 0 Å². The predicted molar refractivity (Wildman–Crippen MR) is 118 cm³/mol. The van der Waals surface area contributed by atoms with Crippen LogP contribution in [0.3, 0.4) is 0 Å². The summed E-state index contributed by atoms with van der Waals surface area (Å²) in [6.07, 6.45) is 0. The number of alkyl halides is 2. The molecule has 0 spiro atoms. The molecule has 34 heavy (non-hydrogen) atoms. The maximum atomic E-state index is 14.6. The van der Waals surface area contributed by atoms with E-state index in [2.05, 4.69) is 9.97 Å². The smallest absolute Gasteiger partial charge is 0.330 e. The van der Waals surface area contributed by atoms with E-state index in [1.165, 1.54) is 10.6 Å². The Morgan fingerprint density at radius 3 is 2.41 bits per heavy atom. The normalized spacial score (nSPS) is 12.1. The van der Waals surface area contributed by atoms with Crippen molar-refractivity contribution >= 4 is 16.9 Å². The minimum absolute atomic E-state index is 0.00196. The Morgan fingerprint density at radius 1 is 1.15 bits per heavy atom. The fourth-order valence-corrected chi connectivity index (χ4v) is 3.47. The number of H-pyrrole nitrogens is 1. The maximum Gasteiger partial charge on any atom is 0.330 e. The van der Waals surface area contributed by atoms with Gasteiger partial charge in [-0.15, -0.1) is 0 Å². The molecular formula is C23H24F4N4O3. The van der Waals surface area contributed by atoms with Gasteiger partial charge in [-0.25, -0.2) is 18.6 Å². The van der Waals surface area contributed by atoms with E-state index in [4.69, 9.17) is 0 Å². The molecule has 0 aliphatic carbocycles. The fourth-order valence-electron chi connectivity index (χ4n) is 3.47. The van der Waals surface area contributed by atoms with Gasteiger partial charge in [-0.2, -0.15) is 8.78 Å². The van der Waals surface area contributed by atoms with Gasteiger partial charge in [0.1, 0.15) is 11.6 Å². The molecule has 3 aromatic rings. The van der Waals surface area contributed by atoms with Gasteiger partial charge in [0.25, 0.3) is 17.4 Å². The van der Waals surface area contributed by atoms with E-state index in [0.717, 1.165) is 0 Å². The van der Waals surface area contributed by atoms with Gasteiger partial charge in [-0.05, 0) is 30.0 Å². The van der Waals surface area contributed by atoms with Crippen LogP contribution in [0.4, 0.5) is 17.6 Å². The zero-order valence-electron chi connectivity index (χ0n) is 19.0. The first-order valence-corrected chi connectivity index (χ1v) is 10.6. The molecule has 2 N–H and O–H groups in total. The number of aromatic nitrogens is 3. The van der Waals surface area contributed by atoms with Crippen molar-refractivity contribution in [3.05, 3.63) is 73.6 Å². The third-order valence-electron chi connectivity index (χ3n) is 5.15. The summed E-state index contributed by atoms with van der Waals surface area (Å²) in [5.41, 5.74) is -2.58. The molecule has 0 fully saturated rings. The molecule has 0 saturated carbocycles. The highest BCUT2D eigenvalue weighted by Crippen LogP contribution is 2.30. The number of carbonyl (C=O) groups is 1. The molecule has 2 aromatic heterocycles. The molecule has 0 bridgehead atoms. The molecule has 0 radical (unpaired) electrons. The summed E-state index contributed by atoms with van der Waals surface area (Å²) in [6, 6.07) is 2.92. The Labute approximate surface area is 191 Å². The number of amides is 1. The molecule has 2 heterocycles. The number of nitrogens with one attached hydrogen (secondary N) is 2. The molecular weight excluding hydrogens is 456 g/mol. The van der Waals surface area contributed by atoms with Crippen LogP contribution in [0.15, 0.2) is 33.9 Å². The van der Waals surface area contributed by atoms with Gasteiger partial charge in [0.05, 0.1) is 23.1 Å². The summed E-state index contributed by atoms with van der Waals surface area (Å²) in [5.74, 6) is -7.58. The van der Waals surface area contributed by atoms with E-state index >= 15 is 0 Å². The van der Waals surface area contributed by atoms with Crippen molar-refractivity contribution in [3.63, 3.8) is 0 Å². The Hall–Kier alpha value is -3.50. The van der Waals surface area contributed by atoms with E-state index in [0.29, 0.717) is 23.9 Å². The molecule has 1 amide bonds. The van der Waals surface area contributed by atoms with Gasteiger partial charge in [-0.1, -0.05) is 27.7 Å². The summed E-state index contributed by atoms with van der Waals surface area (Å²) < 4.78 is 57.3. The van der Waals surface area contributed by atoms with Crippen molar-refractivity contribution in [2.24, 2.45) is 5.92 Å². The molecule has 0 aliphatic rings. The second-order valence-electron chi connectivity index (χ2n) is 8.72. The molecule has 0 atom stereocenters. The van der Waals surface area contributed by atoms with E-state index < -0.39 is 46.8 Å². The fraction of sp³-hybridized carbons (Fsp3) is 0.391. The average Bonchev–Trinajstić information content (AvgIpc) is 2.73. The van der Waals surface area contributed by atoms with Gasteiger partial charge in [0.2, 0.25) is 0 Å². The Morgan fingerprint density at radius 2 is 1.82 bits per heavy atom. The lowest BCUT2D eigenvalue weighted by atomic mass is 10.0. The predicted octanol–water partition coefficient (Wildman–Crippen LogP) is 3.66. The number of fused-ring (bicyclic) bond motifs is 1. The van der Waals surface area contributed by atoms with E-state index in [1.807, 2.05) is 19.2 Å². The lowest BCUT2D eigenvalue weighted by molar-refractivity contribution is -0.00587. The number of carbonyl (C=O) groups excluding carboxylic acids is 1. The third kappa shape index (κ3) is 5.02. The second-order valence-corrected chi connectivity index (χ2v) is 8.72. The molecule has 0 aliphatic heterocycles. The number of benzene rings is 1. The first kappa shape index (κ1) is 25.1. The highest BCUT2D eigenvalue weighted by atomic mass is 19.3. The van der Waals surface area contributed by atoms with Crippen LogP contribution < -0.4 is 16.6 Å². The van der Waals surface area contributed by atoms with Gasteiger partial charge >= 0.3 is 5.69 Å². The van der Waals surface area contributed by atoms with E-state index in [1.54, 1.807) is 13.8 Å². The average molecular weight is 480 g/mol. The summed E-state index contributed by atoms with van der Waals surface area (Å²) in [5, 5.41) is 1.80. The monoisotopic (exact) mass is 480 g/mol. The van der Waals surface area contributed by atoms with Gasteiger partial charge in [0.15, 0.2) is 5.65 Å². The zero-order valence-corrected chi connectivity index (χ0v) is 19.0. The van der Waals surface area contributed by atoms with Gasteiger partial charge < -0.3 is 5.32 Å². The van der Waals surface area contributed by atoms with Gasteiger partial charge in [0, 0.05) is 18.3 Å². The number of halogens is 4. The number of hydrogen-bond donors (Lipinski definition) is 2. The van der Waals surface area contributed by atoms with Crippen LogP contribution in [0.2, 0.25) is 0 Å². The molecule has 3 rings (SSSR count). The van der Waals surface area contributed by atoms with Crippen LogP contribution in [-0.2, 0) is 12.5 Å². The second kappa shape index (κ2) is 9.40. The summed E-state index contributed by atoms with van der Waals surface area (Å²) in [4.78, 5) is 44.5. The summed E-state index contributed by atoms with van der Waals surface area (Å²) in [6.45, 7) is 6.14. The number of pyridine rings is 1. The van der Waals surface area contributed by atoms with Crippen LogP contribution in [0, 0.1) is 17.6 Å². The first-order valence-electron chi connectivity index (χ1n) is 10.6. The van der Waals surface area contributed by atoms with E-state index in [9.17, 15) is 31.9 Å². The quantitative estimate of drug-likeness (QED) is 0.505. The molecule has 1 aromatic carbocycles. The Kier molecular flexibility index (Phi) is 6.94. The largest absolute Gasteiger partial charge is 0.346 e. The van der Waals surface area contributed by atoms with Crippen molar-refractivity contribution in [2.75, 3.05) is 6.54 Å². The van der Waals surface area contributed by atoms with Crippen molar-refractivity contribution in [1.29, 1.82) is 0 Å². The van der Waals surface area contributed by atoms with Crippen LogP contribution in [0.1, 0.15) is 55.2 Å². The summed E-state index contributed by atoms with van der Waals surface area (Å²) in [7, 11) is 0. The van der Waals surface area contributed by atoms with E-state index in [-0.39, 0.29) is 35.0 Å². The minimum Gasteiger partial charge on any atom is -0.346 e. The standard InChI is InChI=1S/C23H24F4N4O3/c1-11(2)9-31-19-18(21(33)30-22(31)34)14(8-17(29-19)12(3)4)20(32)28-10-23(26,27)15-6-5-13(24)7-16(15)25/h5-8,11-12H,9-10H2,1-4H3,(H,28,32)(H,30,33,34). The summed E-state index contributed by atoms with van der Waals surface area (Å²) >= 11 is 0. The topological polar surface area (TPSA) is 96.9 Å². The molecule has 11 heteroatoms. The lowest BCUT2D eigenvalue weighted by Gasteiger charge is -2.19. The SMILES string of the molecule is CC(C)Cn1c(=O)[nH]c(=O)c2c(C(=O)NCC(F)(F)c3ccc(F)cc3F)cc(C(C)C)nc21. The van der Waals surface area contributed by atoms with Crippen molar-refractivity contribution in [2.45, 2.75) is 46.1 Å². The number of aromatic amines is 1. The Balaban J connectivity index is 2.08. The highest BCUT2D eigenvalue weighted by Gasteiger charge is 2.35. The Bertz CT molecular complexity index is 1360. The molecule has 0 unspecified atom stereocenters. The zero-order chi connectivity index (χ0) is 25.4. The van der Waals surface area contributed by atoms with Gasteiger partial charge in [-0.3, -0.25) is 19.1 Å². The lowest BCUT2D eigenvalue weighted by Crippen LogP contribution is -2.37. The first-order chi connectivity index (χ1) is 15.8. The maximum absolute atomic E-state index is 14.6. The number of hydrogen-bond acceptors (Lipinski definition) is 4. The van der Waals surface area contributed by atoms with Crippen LogP contribution in [0.25, 0.3) is 11.0 Å². The highest BCUT2D eigenvalue weighted by molar-refractivity contribution is 6.05. The van der Waals surface area contributed by atoms with Crippen molar-refractivity contribution in [3.8, 4) is 0 Å². The molecule has 7 nitrogen and oxygen atoms in total. The number of nitrogens with zero attached hydrogens (tertiary/aromatic N) is 2. The van der Waals surface area contributed by atoms with Crippen molar-refractivity contribution in [1.82, 2.24) is 19.9 Å². The minimum atomic E-state index is -3.86. The van der Waals surface area contributed by atoms with Crippen LogP contribution >= 0.6 is 0 Å². The molecule has 182 valence electrons. The van der Waals surface area contributed by atoms with Crippen molar-refractivity contribution < 1.29 is 22.4 Å². The third-order valence-corrected chi connectivity index (χ3v) is 5.15.